The molecule has 5 nitrogen and oxygen atoms in total. The van der Waals surface area contributed by atoms with Gasteiger partial charge < -0.3 is 19.9 Å². The Labute approximate surface area is 115 Å². The summed E-state index contributed by atoms with van der Waals surface area (Å²) >= 11 is 0. The summed E-state index contributed by atoms with van der Waals surface area (Å²) in [5, 5.41) is 0. The average Bonchev–Trinajstić information content (AvgIpc) is 2.11. The minimum Gasteiger partial charge on any atom is -0.432 e. The van der Waals surface area contributed by atoms with Crippen molar-refractivity contribution < 1.29 is 19.0 Å². The summed E-state index contributed by atoms with van der Waals surface area (Å²) in [7, 11) is 0. The van der Waals surface area contributed by atoms with Gasteiger partial charge in [0.1, 0.15) is 0 Å². The number of esters is 1. The molecule has 2 N–H and O–H groups in total. The van der Waals surface area contributed by atoms with Crippen LogP contribution in [0.4, 0.5) is 0 Å². The van der Waals surface area contributed by atoms with Crippen molar-refractivity contribution in [2.75, 3.05) is 6.54 Å². The molecule has 0 spiro atoms. The van der Waals surface area contributed by atoms with Crippen molar-refractivity contribution in [3.8, 4) is 0 Å². The van der Waals surface area contributed by atoms with Crippen LogP contribution < -0.4 is 5.73 Å². The number of carbonyl (C=O) groups excluding carboxylic acids is 1. The van der Waals surface area contributed by atoms with Gasteiger partial charge in [0.2, 0.25) is 5.79 Å². The Kier molecular flexibility index (Phi) is 4.65. The van der Waals surface area contributed by atoms with Gasteiger partial charge in [0.15, 0.2) is 5.79 Å². The molecule has 0 saturated carbocycles. The monoisotopic (exact) mass is 273 g/mol. The molecule has 1 aliphatic heterocycles. The smallest absolute Gasteiger partial charge is 0.305 e. The van der Waals surface area contributed by atoms with Gasteiger partial charge in [-0.15, -0.1) is 0 Å². The highest BCUT2D eigenvalue weighted by Crippen LogP contribution is 2.46. The maximum Gasteiger partial charge on any atom is 0.305 e. The Balaban J connectivity index is 3.10. The molecule has 1 rings (SSSR count). The van der Waals surface area contributed by atoms with Crippen LogP contribution in [0.25, 0.3) is 0 Å². The number of rotatable bonds is 3. The number of ether oxygens (including phenoxy) is 3. The SMILES string of the molecule is CC(=O)O[C@@]1(C(C)(C)C)C[C@@H](CCN)OC(C)(C)O1. The molecule has 1 fully saturated rings. The highest BCUT2D eigenvalue weighted by atomic mass is 16.8. The fourth-order valence-corrected chi connectivity index (χ4v) is 2.46. The lowest BCUT2D eigenvalue weighted by Gasteiger charge is -2.52. The van der Waals surface area contributed by atoms with E-state index in [1.54, 1.807) is 0 Å². The Morgan fingerprint density at radius 1 is 1.42 bits per heavy atom. The molecule has 0 aliphatic carbocycles. The molecule has 0 bridgehead atoms. The van der Waals surface area contributed by atoms with E-state index in [1.807, 2.05) is 34.6 Å². The normalized spacial score (nSPS) is 31.0. The standard InChI is InChI=1S/C14H27NO4/c1-10(16)17-14(12(2,3)4)9-11(7-8-15)18-13(5,6)19-14/h11H,7-9,15H2,1-6H3/t11-,14+/m1/s1. The van der Waals surface area contributed by atoms with Gasteiger partial charge in [-0.05, 0) is 26.8 Å². The van der Waals surface area contributed by atoms with Crippen molar-refractivity contribution in [1.29, 1.82) is 0 Å². The van der Waals surface area contributed by atoms with E-state index in [0.717, 1.165) is 0 Å². The zero-order valence-electron chi connectivity index (χ0n) is 12.9. The van der Waals surface area contributed by atoms with Gasteiger partial charge in [0.05, 0.1) is 6.10 Å². The van der Waals surface area contributed by atoms with Crippen LogP contribution in [-0.2, 0) is 19.0 Å². The molecular formula is C14H27NO4. The van der Waals surface area contributed by atoms with Crippen LogP contribution in [0.2, 0.25) is 0 Å². The van der Waals surface area contributed by atoms with Gasteiger partial charge in [-0.3, -0.25) is 4.79 Å². The summed E-state index contributed by atoms with van der Waals surface area (Å²) in [6.07, 6.45) is 1.13. The molecule has 0 aromatic rings. The second-order valence-electron chi connectivity index (χ2n) is 6.62. The summed E-state index contributed by atoms with van der Waals surface area (Å²) in [6, 6.07) is 0. The van der Waals surface area contributed by atoms with Gasteiger partial charge >= 0.3 is 5.97 Å². The predicted octanol–water partition coefficient (Wildman–Crippen LogP) is 2.18. The molecule has 1 saturated heterocycles. The third-order valence-electron chi connectivity index (χ3n) is 3.30. The van der Waals surface area contributed by atoms with E-state index >= 15 is 0 Å². The molecule has 0 unspecified atom stereocenters. The second-order valence-corrected chi connectivity index (χ2v) is 6.62. The molecule has 19 heavy (non-hydrogen) atoms. The Bertz CT molecular complexity index is 335. The van der Waals surface area contributed by atoms with Gasteiger partial charge in [-0.25, -0.2) is 0 Å². The molecule has 1 aliphatic rings. The summed E-state index contributed by atoms with van der Waals surface area (Å²) < 4.78 is 17.4. The van der Waals surface area contributed by atoms with Crippen LogP contribution in [0.1, 0.15) is 54.4 Å². The Morgan fingerprint density at radius 3 is 2.42 bits per heavy atom. The van der Waals surface area contributed by atoms with Gasteiger partial charge in [0.25, 0.3) is 0 Å². The van der Waals surface area contributed by atoms with E-state index in [0.29, 0.717) is 19.4 Å². The summed E-state index contributed by atoms with van der Waals surface area (Å²) in [5.41, 5.74) is 5.26. The van der Waals surface area contributed by atoms with Crippen molar-refractivity contribution in [2.24, 2.45) is 11.1 Å². The molecular weight excluding hydrogens is 246 g/mol. The second kappa shape index (κ2) is 5.38. The van der Waals surface area contributed by atoms with E-state index in [2.05, 4.69) is 0 Å². The van der Waals surface area contributed by atoms with Gasteiger partial charge in [0, 0.05) is 18.8 Å². The van der Waals surface area contributed by atoms with Crippen molar-refractivity contribution in [2.45, 2.75) is 72.1 Å². The van der Waals surface area contributed by atoms with Crippen molar-refractivity contribution in [3.63, 3.8) is 0 Å². The predicted molar refractivity (Wildman–Crippen MR) is 72.3 cm³/mol. The summed E-state index contributed by atoms with van der Waals surface area (Å²) in [4.78, 5) is 11.5. The number of nitrogens with two attached hydrogens (primary N) is 1. The quantitative estimate of drug-likeness (QED) is 0.798. The first-order chi connectivity index (χ1) is 8.51. The third-order valence-corrected chi connectivity index (χ3v) is 3.30. The topological polar surface area (TPSA) is 70.8 Å². The maximum atomic E-state index is 11.5. The fourth-order valence-electron chi connectivity index (χ4n) is 2.46. The summed E-state index contributed by atoms with van der Waals surface area (Å²) in [6.45, 7) is 11.6. The molecule has 112 valence electrons. The first-order valence-corrected chi connectivity index (χ1v) is 6.79. The van der Waals surface area contributed by atoms with E-state index in [1.165, 1.54) is 6.92 Å². The Morgan fingerprint density at radius 2 is 2.00 bits per heavy atom. The molecule has 0 aromatic heterocycles. The first kappa shape index (κ1) is 16.4. The molecule has 0 aromatic carbocycles. The van der Waals surface area contributed by atoms with Crippen LogP contribution in [-0.4, -0.2) is 30.2 Å². The van der Waals surface area contributed by atoms with E-state index in [9.17, 15) is 4.79 Å². The van der Waals surface area contributed by atoms with Gasteiger partial charge in [-0.1, -0.05) is 20.8 Å². The highest BCUT2D eigenvalue weighted by Gasteiger charge is 2.55. The minimum atomic E-state index is -0.986. The number of carbonyl (C=O) groups is 1. The van der Waals surface area contributed by atoms with E-state index in [-0.39, 0.29) is 17.5 Å². The number of hydrogen-bond donors (Lipinski definition) is 1. The zero-order chi connectivity index (χ0) is 14.9. The van der Waals surface area contributed by atoms with Gasteiger partial charge in [-0.2, -0.15) is 0 Å². The van der Waals surface area contributed by atoms with Crippen molar-refractivity contribution in [3.05, 3.63) is 0 Å². The Hall–Kier alpha value is -0.650. The van der Waals surface area contributed by atoms with Crippen molar-refractivity contribution >= 4 is 5.97 Å². The molecule has 2 atom stereocenters. The lowest BCUT2D eigenvalue weighted by Crippen LogP contribution is -2.60. The van der Waals surface area contributed by atoms with E-state index in [4.69, 9.17) is 19.9 Å². The van der Waals surface area contributed by atoms with Crippen LogP contribution in [0.5, 0.6) is 0 Å². The van der Waals surface area contributed by atoms with E-state index < -0.39 is 11.6 Å². The average molecular weight is 273 g/mol. The van der Waals surface area contributed by atoms with Crippen LogP contribution in [0.15, 0.2) is 0 Å². The summed E-state index contributed by atoms with van der Waals surface area (Å²) in [5.74, 6) is -2.14. The zero-order valence-corrected chi connectivity index (χ0v) is 12.9. The molecule has 0 amide bonds. The van der Waals surface area contributed by atoms with Crippen LogP contribution in [0.3, 0.4) is 0 Å². The van der Waals surface area contributed by atoms with Crippen molar-refractivity contribution in [1.82, 2.24) is 0 Å². The lowest BCUT2D eigenvalue weighted by molar-refractivity contribution is -0.415. The van der Waals surface area contributed by atoms with Crippen LogP contribution >= 0.6 is 0 Å². The number of hydrogen-bond acceptors (Lipinski definition) is 5. The fraction of sp³-hybridized carbons (Fsp3) is 0.929. The molecule has 5 heteroatoms. The maximum absolute atomic E-state index is 11.5. The third kappa shape index (κ3) is 3.91. The minimum absolute atomic E-state index is 0.0766. The highest BCUT2D eigenvalue weighted by molar-refractivity contribution is 5.66. The van der Waals surface area contributed by atoms with Crippen LogP contribution in [0, 0.1) is 5.41 Å². The lowest BCUT2D eigenvalue weighted by atomic mass is 9.80. The molecule has 1 heterocycles. The largest absolute Gasteiger partial charge is 0.432 e. The first-order valence-electron chi connectivity index (χ1n) is 6.79. The molecule has 0 radical (unpaired) electrons.